The van der Waals surface area contributed by atoms with E-state index < -0.39 is 0 Å². The number of aryl methyl sites for hydroxylation is 1. The molecule has 92 valence electrons. The third kappa shape index (κ3) is 3.82. The van der Waals surface area contributed by atoms with Gasteiger partial charge in [-0.15, -0.1) is 0 Å². The van der Waals surface area contributed by atoms with Gasteiger partial charge in [-0.1, -0.05) is 28.1 Å². The maximum atomic E-state index is 11.8. The first-order chi connectivity index (χ1) is 8.25. The van der Waals surface area contributed by atoms with Crippen LogP contribution in [0.15, 0.2) is 28.7 Å². The number of benzene rings is 1. The third-order valence-electron chi connectivity index (χ3n) is 2.80. The second kappa shape index (κ2) is 6.17. The Bertz CT molecular complexity index is 389. The van der Waals surface area contributed by atoms with Gasteiger partial charge in [0.1, 0.15) is 0 Å². The summed E-state index contributed by atoms with van der Waals surface area (Å²) in [5.41, 5.74) is 1.17. The number of amides is 1. The number of nitrogens with zero attached hydrogens (tertiary/aromatic N) is 1. The molecule has 0 atom stereocenters. The van der Waals surface area contributed by atoms with E-state index in [1.165, 1.54) is 10.6 Å². The highest BCUT2D eigenvalue weighted by atomic mass is 79.9. The van der Waals surface area contributed by atoms with Gasteiger partial charge in [-0.3, -0.25) is 9.63 Å². The lowest BCUT2D eigenvalue weighted by Crippen LogP contribution is -2.35. The van der Waals surface area contributed by atoms with E-state index in [2.05, 4.69) is 15.9 Å². The molecular formula is C13H16BrNO2. The number of hydrogen-bond acceptors (Lipinski definition) is 2. The van der Waals surface area contributed by atoms with E-state index in [4.69, 9.17) is 4.84 Å². The molecule has 0 N–H and O–H groups in total. The van der Waals surface area contributed by atoms with Crippen molar-refractivity contribution in [1.82, 2.24) is 5.06 Å². The smallest absolute Gasteiger partial charge is 0.246 e. The summed E-state index contributed by atoms with van der Waals surface area (Å²) in [5.74, 6) is 0.0877. The predicted octanol–water partition coefficient (Wildman–Crippen LogP) is 2.94. The predicted molar refractivity (Wildman–Crippen MR) is 69.4 cm³/mol. The Morgan fingerprint density at radius 2 is 2.29 bits per heavy atom. The molecule has 1 aliphatic rings. The number of hydroxylamine groups is 2. The Kier molecular flexibility index (Phi) is 4.57. The van der Waals surface area contributed by atoms with Crippen molar-refractivity contribution < 1.29 is 9.63 Å². The fraction of sp³-hybridized carbons (Fsp3) is 0.462. The van der Waals surface area contributed by atoms with Crippen LogP contribution in [0.3, 0.4) is 0 Å². The van der Waals surface area contributed by atoms with Crippen LogP contribution in [0.2, 0.25) is 0 Å². The molecule has 1 fully saturated rings. The van der Waals surface area contributed by atoms with Gasteiger partial charge in [0.05, 0.1) is 6.61 Å². The van der Waals surface area contributed by atoms with Crippen molar-refractivity contribution >= 4 is 21.8 Å². The van der Waals surface area contributed by atoms with Crippen LogP contribution in [-0.2, 0) is 16.1 Å². The Morgan fingerprint density at radius 1 is 1.41 bits per heavy atom. The Balaban J connectivity index is 1.83. The van der Waals surface area contributed by atoms with Crippen LogP contribution < -0.4 is 0 Å². The van der Waals surface area contributed by atoms with Gasteiger partial charge in [-0.05, 0) is 37.0 Å². The summed E-state index contributed by atoms with van der Waals surface area (Å²) >= 11 is 3.43. The second-order valence-electron chi connectivity index (χ2n) is 4.17. The van der Waals surface area contributed by atoms with Crippen LogP contribution in [0.25, 0.3) is 0 Å². The SMILES string of the molecule is O=C(CCc1cccc(Br)c1)N1CCCCO1. The minimum absolute atomic E-state index is 0.0877. The van der Waals surface area contributed by atoms with E-state index in [9.17, 15) is 4.79 Å². The normalized spacial score (nSPS) is 15.9. The highest BCUT2D eigenvalue weighted by Gasteiger charge is 2.17. The van der Waals surface area contributed by atoms with E-state index in [0.717, 1.165) is 30.3 Å². The van der Waals surface area contributed by atoms with Crippen LogP contribution >= 0.6 is 15.9 Å². The zero-order valence-corrected chi connectivity index (χ0v) is 11.3. The second-order valence-corrected chi connectivity index (χ2v) is 5.08. The van der Waals surface area contributed by atoms with E-state index >= 15 is 0 Å². The lowest BCUT2D eigenvalue weighted by Gasteiger charge is -2.25. The number of rotatable bonds is 3. The van der Waals surface area contributed by atoms with Crippen molar-refractivity contribution in [2.75, 3.05) is 13.2 Å². The molecule has 0 bridgehead atoms. The molecule has 0 spiro atoms. The molecule has 4 heteroatoms. The highest BCUT2D eigenvalue weighted by molar-refractivity contribution is 9.10. The molecule has 1 heterocycles. The summed E-state index contributed by atoms with van der Waals surface area (Å²) in [6.45, 7) is 1.40. The van der Waals surface area contributed by atoms with Crippen molar-refractivity contribution in [1.29, 1.82) is 0 Å². The van der Waals surface area contributed by atoms with Gasteiger partial charge in [0, 0.05) is 17.4 Å². The van der Waals surface area contributed by atoms with E-state index in [0.29, 0.717) is 13.0 Å². The van der Waals surface area contributed by atoms with Gasteiger partial charge < -0.3 is 0 Å². The van der Waals surface area contributed by atoms with Crippen molar-refractivity contribution in [3.63, 3.8) is 0 Å². The van der Waals surface area contributed by atoms with Gasteiger partial charge >= 0.3 is 0 Å². The summed E-state index contributed by atoms with van der Waals surface area (Å²) in [5, 5.41) is 1.52. The monoisotopic (exact) mass is 297 g/mol. The number of halogens is 1. The molecular weight excluding hydrogens is 282 g/mol. The molecule has 0 unspecified atom stereocenters. The molecule has 0 aromatic heterocycles. The summed E-state index contributed by atoms with van der Waals surface area (Å²) in [6.07, 6.45) is 3.37. The fourth-order valence-corrected chi connectivity index (χ4v) is 2.31. The molecule has 1 aromatic carbocycles. The molecule has 0 radical (unpaired) electrons. The summed E-state index contributed by atoms with van der Waals surface area (Å²) in [7, 11) is 0. The van der Waals surface area contributed by atoms with Gasteiger partial charge in [-0.2, -0.15) is 0 Å². The first-order valence-electron chi connectivity index (χ1n) is 5.93. The highest BCUT2D eigenvalue weighted by Crippen LogP contribution is 2.14. The van der Waals surface area contributed by atoms with Crippen molar-refractivity contribution in [3.05, 3.63) is 34.3 Å². The first kappa shape index (κ1) is 12.6. The summed E-state index contributed by atoms with van der Waals surface area (Å²) in [6, 6.07) is 8.06. The first-order valence-corrected chi connectivity index (χ1v) is 6.73. The Labute approximate surface area is 110 Å². The van der Waals surface area contributed by atoms with E-state index in [1.807, 2.05) is 24.3 Å². The van der Waals surface area contributed by atoms with Crippen molar-refractivity contribution in [3.8, 4) is 0 Å². The maximum Gasteiger partial charge on any atom is 0.246 e. The molecule has 1 amide bonds. The van der Waals surface area contributed by atoms with Crippen LogP contribution in [0.5, 0.6) is 0 Å². The molecule has 2 rings (SSSR count). The maximum absolute atomic E-state index is 11.8. The lowest BCUT2D eigenvalue weighted by molar-refractivity contribution is -0.197. The van der Waals surface area contributed by atoms with Crippen LogP contribution in [0.1, 0.15) is 24.8 Å². The largest absolute Gasteiger partial charge is 0.273 e. The van der Waals surface area contributed by atoms with E-state index in [1.54, 1.807) is 0 Å². The average molecular weight is 298 g/mol. The summed E-state index contributed by atoms with van der Waals surface area (Å²) < 4.78 is 1.05. The van der Waals surface area contributed by atoms with Crippen molar-refractivity contribution in [2.24, 2.45) is 0 Å². The van der Waals surface area contributed by atoms with Gasteiger partial charge in [-0.25, -0.2) is 5.06 Å². The zero-order chi connectivity index (χ0) is 12.1. The number of carbonyl (C=O) groups excluding carboxylic acids is 1. The van der Waals surface area contributed by atoms with Crippen LogP contribution in [-0.4, -0.2) is 24.1 Å². The standard InChI is InChI=1S/C13H16BrNO2/c14-12-5-3-4-11(10-12)6-7-13(16)15-8-1-2-9-17-15/h3-5,10H,1-2,6-9H2. The third-order valence-corrected chi connectivity index (χ3v) is 3.29. The lowest BCUT2D eigenvalue weighted by atomic mass is 10.1. The fourth-order valence-electron chi connectivity index (χ4n) is 1.86. The minimum Gasteiger partial charge on any atom is -0.273 e. The molecule has 3 nitrogen and oxygen atoms in total. The van der Waals surface area contributed by atoms with E-state index in [-0.39, 0.29) is 5.91 Å². The molecule has 1 saturated heterocycles. The van der Waals surface area contributed by atoms with Crippen LogP contribution in [0.4, 0.5) is 0 Å². The Morgan fingerprint density at radius 3 is 3.00 bits per heavy atom. The summed E-state index contributed by atoms with van der Waals surface area (Å²) in [4.78, 5) is 17.2. The molecule has 0 aliphatic carbocycles. The number of hydrogen-bond donors (Lipinski definition) is 0. The van der Waals surface area contributed by atoms with Crippen LogP contribution in [0, 0.1) is 0 Å². The van der Waals surface area contributed by atoms with Gasteiger partial charge in [0.2, 0.25) is 5.91 Å². The number of carbonyl (C=O) groups is 1. The molecule has 17 heavy (non-hydrogen) atoms. The molecule has 1 aromatic rings. The average Bonchev–Trinajstić information content (AvgIpc) is 2.37. The molecule has 1 aliphatic heterocycles. The molecule has 0 saturated carbocycles. The minimum atomic E-state index is 0.0877. The zero-order valence-electron chi connectivity index (χ0n) is 9.69. The Hall–Kier alpha value is -0.870. The van der Waals surface area contributed by atoms with Gasteiger partial charge in [0.15, 0.2) is 0 Å². The topological polar surface area (TPSA) is 29.5 Å². The van der Waals surface area contributed by atoms with Crippen molar-refractivity contribution in [2.45, 2.75) is 25.7 Å². The quantitative estimate of drug-likeness (QED) is 0.858. The van der Waals surface area contributed by atoms with Gasteiger partial charge in [0.25, 0.3) is 0 Å².